The number of nitrogens with one attached hydrogen (secondary N) is 1. The van der Waals surface area contributed by atoms with Crippen LogP contribution in [-0.4, -0.2) is 21.7 Å². The quantitative estimate of drug-likeness (QED) is 0.893. The molecule has 1 heterocycles. The molecule has 5 nitrogen and oxygen atoms in total. The summed E-state index contributed by atoms with van der Waals surface area (Å²) in [5, 5.41) is 7.33. The number of aryl methyl sites for hydroxylation is 1. The first kappa shape index (κ1) is 17.3. The second kappa shape index (κ2) is 7.47. The number of nitrogens with two attached hydrogens (primary N) is 1. The Bertz CT molecular complexity index is 490. The number of hydrogen-bond donors (Lipinski definition) is 2. The molecule has 2 unspecified atom stereocenters. The van der Waals surface area contributed by atoms with Crippen LogP contribution in [0.2, 0.25) is 0 Å². The van der Waals surface area contributed by atoms with Gasteiger partial charge in [-0.25, -0.2) is 4.68 Å². The van der Waals surface area contributed by atoms with E-state index >= 15 is 0 Å². The Morgan fingerprint density at radius 3 is 2.73 bits per heavy atom. The van der Waals surface area contributed by atoms with Crippen LogP contribution in [0, 0.1) is 17.8 Å². The van der Waals surface area contributed by atoms with Crippen LogP contribution >= 0.6 is 12.4 Å². The van der Waals surface area contributed by atoms with Gasteiger partial charge in [-0.05, 0) is 43.9 Å². The van der Waals surface area contributed by atoms with E-state index in [1.807, 2.05) is 10.7 Å². The number of halogens is 1. The number of rotatable bonds is 4. The number of nitrogens with zero attached hydrogens (tertiary/aromatic N) is 2. The molecule has 3 N–H and O–H groups in total. The van der Waals surface area contributed by atoms with Gasteiger partial charge in [0.25, 0.3) is 0 Å². The van der Waals surface area contributed by atoms with Crippen LogP contribution in [-0.2, 0) is 11.3 Å². The fraction of sp³-hybridized carbons (Fsp3) is 0.750. The molecule has 1 amide bonds. The fourth-order valence-electron chi connectivity index (χ4n) is 4.06. The molecule has 124 valence electrons. The summed E-state index contributed by atoms with van der Waals surface area (Å²) in [6, 6.07) is 2.19. The van der Waals surface area contributed by atoms with Gasteiger partial charge in [0.05, 0.1) is 6.20 Å². The Balaban J connectivity index is 0.00000176. The lowest BCUT2D eigenvalue weighted by Gasteiger charge is -2.43. The van der Waals surface area contributed by atoms with Gasteiger partial charge in [0.2, 0.25) is 5.91 Å². The van der Waals surface area contributed by atoms with Crippen LogP contribution in [0.1, 0.15) is 45.4 Å². The molecule has 1 aromatic heterocycles. The van der Waals surface area contributed by atoms with Crippen LogP contribution < -0.4 is 11.1 Å². The molecule has 22 heavy (non-hydrogen) atoms. The zero-order valence-corrected chi connectivity index (χ0v) is 14.0. The minimum atomic E-state index is 0. The highest BCUT2D eigenvalue weighted by atomic mass is 35.5. The van der Waals surface area contributed by atoms with E-state index in [0.717, 1.165) is 31.6 Å². The predicted octanol–water partition coefficient (Wildman–Crippen LogP) is 2.81. The van der Waals surface area contributed by atoms with Crippen molar-refractivity contribution in [3.63, 3.8) is 0 Å². The summed E-state index contributed by atoms with van der Waals surface area (Å²) < 4.78 is 1.87. The molecule has 0 saturated heterocycles. The van der Waals surface area contributed by atoms with Gasteiger partial charge in [-0.3, -0.25) is 4.79 Å². The van der Waals surface area contributed by atoms with Crippen molar-refractivity contribution in [2.45, 2.75) is 58.0 Å². The van der Waals surface area contributed by atoms with E-state index in [1.54, 1.807) is 6.20 Å². The number of fused-ring (bicyclic) bond motifs is 2. The Kier molecular flexibility index (Phi) is 5.87. The molecular formula is C16H27ClN4O. The maximum Gasteiger partial charge on any atom is 0.228 e. The average molecular weight is 327 g/mol. The van der Waals surface area contributed by atoms with Crippen molar-refractivity contribution < 1.29 is 4.79 Å². The van der Waals surface area contributed by atoms with Crippen LogP contribution in [0.25, 0.3) is 0 Å². The Hall–Kier alpha value is -1.07. The third kappa shape index (κ3) is 3.46. The summed E-state index contributed by atoms with van der Waals surface area (Å²) in [6.45, 7) is 2.94. The van der Waals surface area contributed by atoms with Gasteiger partial charge in [-0.15, -0.1) is 12.4 Å². The number of hydrogen-bond acceptors (Lipinski definition) is 3. The Morgan fingerprint density at radius 1 is 1.41 bits per heavy atom. The largest absolute Gasteiger partial charge is 0.327 e. The Morgan fingerprint density at radius 2 is 2.09 bits per heavy atom. The van der Waals surface area contributed by atoms with Crippen molar-refractivity contribution in [3.05, 3.63) is 12.3 Å². The molecule has 0 spiro atoms. The minimum Gasteiger partial charge on any atom is -0.327 e. The summed E-state index contributed by atoms with van der Waals surface area (Å²) in [5.74, 6) is 2.16. The second-order valence-corrected chi connectivity index (χ2v) is 6.63. The smallest absolute Gasteiger partial charge is 0.228 e. The van der Waals surface area contributed by atoms with Crippen molar-refractivity contribution in [1.29, 1.82) is 0 Å². The van der Waals surface area contributed by atoms with Gasteiger partial charge in [0.15, 0.2) is 0 Å². The first-order valence-electron chi connectivity index (χ1n) is 8.27. The van der Waals surface area contributed by atoms with Crippen molar-refractivity contribution >= 4 is 24.1 Å². The Labute approximate surface area is 138 Å². The molecule has 0 radical (unpaired) electrons. The minimum absolute atomic E-state index is 0. The third-order valence-corrected chi connectivity index (χ3v) is 5.19. The maximum absolute atomic E-state index is 12.6. The summed E-state index contributed by atoms with van der Waals surface area (Å²) in [7, 11) is 0. The topological polar surface area (TPSA) is 72.9 Å². The van der Waals surface area contributed by atoms with E-state index < -0.39 is 0 Å². The maximum atomic E-state index is 12.6. The summed E-state index contributed by atoms with van der Waals surface area (Å²) in [4.78, 5) is 12.6. The number of anilines is 1. The molecule has 2 bridgehead atoms. The first-order chi connectivity index (χ1) is 10.2. The van der Waals surface area contributed by atoms with E-state index in [1.165, 1.54) is 19.3 Å². The fourth-order valence-corrected chi connectivity index (χ4v) is 4.06. The molecule has 2 aliphatic carbocycles. The van der Waals surface area contributed by atoms with Crippen LogP contribution in [0.5, 0.6) is 0 Å². The lowest BCUT2D eigenvalue weighted by Crippen LogP contribution is -2.48. The zero-order chi connectivity index (χ0) is 14.8. The zero-order valence-electron chi connectivity index (χ0n) is 13.2. The molecule has 6 heteroatoms. The van der Waals surface area contributed by atoms with Crippen LogP contribution in [0.3, 0.4) is 0 Å². The summed E-state index contributed by atoms with van der Waals surface area (Å²) in [5.41, 5.74) is 6.30. The molecule has 3 rings (SSSR count). The van der Waals surface area contributed by atoms with Crippen molar-refractivity contribution in [3.8, 4) is 0 Å². The van der Waals surface area contributed by atoms with Gasteiger partial charge >= 0.3 is 0 Å². The number of carbonyl (C=O) groups is 1. The SMILES string of the molecule is CCCn1nccc1NC(=O)C1CC2CCCC(C1)C2N.Cl. The molecule has 0 aliphatic heterocycles. The number of aromatic nitrogens is 2. The lowest BCUT2D eigenvalue weighted by atomic mass is 9.65. The number of amides is 1. The highest BCUT2D eigenvalue weighted by Crippen LogP contribution is 2.42. The predicted molar refractivity (Wildman–Crippen MR) is 89.9 cm³/mol. The third-order valence-electron chi connectivity index (χ3n) is 5.19. The van der Waals surface area contributed by atoms with Crippen molar-refractivity contribution in [2.24, 2.45) is 23.5 Å². The molecule has 1 aromatic rings. The van der Waals surface area contributed by atoms with Crippen molar-refractivity contribution in [1.82, 2.24) is 9.78 Å². The number of carbonyl (C=O) groups excluding carboxylic acids is 1. The van der Waals surface area contributed by atoms with Crippen molar-refractivity contribution in [2.75, 3.05) is 5.32 Å². The summed E-state index contributed by atoms with van der Waals surface area (Å²) in [6.07, 6.45) is 8.31. The molecule has 2 saturated carbocycles. The average Bonchev–Trinajstić information content (AvgIpc) is 2.86. The van der Waals surface area contributed by atoms with Gasteiger partial charge in [-0.1, -0.05) is 13.3 Å². The van der Waals surface area contributed by atoms with Gasteiger partial charge in [0, 0.05) is 24.6 Å². The summed E-state index contributed by atoms with van der Waals surface area (Å²) >= 11 is 0. The molecule has 2 atom stereocenters. The van der Waals surface area contributed by atoms with Gasteiger partial charge < -0.3 is 11.1 Å². The van der Waals surface area contributed by atoms with Crippen LogP contribution in [0.4, 0.5) is 5.82 Å². The first-order valence-corrected chi connectivity index (χ1v) is 8.27. The van der Waals surface area contributed by atoms with Gasteiger partial charge in [-0.2, -0.15) is 5.10 Å². The highest BCUT2D eigenvalue weighted by molar-refractivity contribution is 5.91. The highest BCUT2D eigenvalue weighted by Gasteiger charge is 2.40. The van der Waals surface area contributed by atoms with E-state index in [0.29, 0.717) is 17.9 Å². The van der Waals surface area contributed by atoms with E-state index in [-0.39, 0.29) is 24.2 Å². The second-order valence-electron chi connectivity index (χ2n) is 6.63. The van der Waals surface area contributed by atoms with Gasteiger partial charge in [0.1, 0.15) is 5.82 Å². The standard InChI is InChI=1S/C16H26N4O.ClH/c1-2-8-20-14(6-7-18-20)19-16(21)13-9-11-4-3-5-12(10-13)15(11)17;/h6-7,11-13,15H,2-5,8-10,17H2,1H3,(H,19,21);1H. The van der Waals surface area contributed by atoms with E-state index in [9.17, 15) is 4.79 Å². The monoisotopic (exact) mass is 326 g/mol. The van der Waals surface area contributed by atoms with E-state index in [2.05, 4.69) is 17.3 Å². The molecule has 0 aromatic carbocycles. The molecular weight excluding hydrogens is 300 g/mol. The van der Waals surface area contributed by atoms with Crippen LogP contribution in [0.15, 0.2) is 12.3 Å². The van der Waals surface area contributed by atoms with E-state index in [4.69, 9.17) is 5.73 Å². The lowest BCUT2D eigenvalue weighted by molar-refractivity contribution is -0.122. The molecule has 2 fully saturated rings. The molecule has 2 aliphatic rings. The normalized spacial score (nSPS) is 30.5.